The highest BCUT2D eigenvalue weighted by Crippen LogP contribution is 2.12. The second-order valence-electron chi connectivity index (χ2n) is 5.58. The SMILES string of the molecule is CO/N=C(/C(=O)COS(=O)(=O)c1ccccc1)C(=O)OC(C)(C)C. The summed E-state index contributed by atoms with van der Waals surface area (Å²) < 4.78 is 33.6. The van der Waals surface area contributed by atoms with Crippen LogP contribution in [0.15, 0.2) is 40.4 Å². The molecule has 0 saturated heterocycles. The smallest absolute Gasteiger partial charge is 0.364 e. The summed E-state index contributed by atoms with van der Waals surface area (Å²) in [7, 11) is -3.00. The van der Waals surface area contributed by atoms with Gasteiger partial charge in [0.25, 0.3) is 10.1 Å². The Balaban J connectivity index is 2.84. The van der Waals surface area contributed by atoms with Crippen molar-refractivity contribution in [2.45, 2.75) is 31.3 Å². The van der Waals surface area contributed by atoms with Crippen molar-refractivity contribution in [1.29, 1.82) is 0 Å². The van der Waals surface area contributed by atoms with E-state index in [9.17, 15) is 18.0 Å². The summed E-state index contributed by atoms with van der Waals surface area (Å²) in [6.45, 7) is 3.92. The molecular formula is C15H19NO7S. The number of carbonyl (C=O) groups is 2. The summed E-state index contributed by atoms with van der Waals surface area (Å²) in [6.07, 6.45) is 0. The van der Waals surface area contributed by atoms with Crippen molar-refractivity contribution >= 4 is 27.6 Å². The number of Topliss-reactive ketones (excluding diaryl/α,β-unsaturated/α-hetero) is 1. The van der Waals surface area contributed by atoms with Crippen LogP contribution in [0.3, 0.4) is 0 Å². The Bertz CT molecular complexity index is 718. The number of ketones is 1. The predicted molar refractivity (Wildman–Crippen MR) is 84.9 cm³/mol. The van der Waals surface area contributed by atoms with Gasteiger partial charge in [0.15, 0.2) is 0 Å². The lowest BCUT2D eigenvalue weighted by atomic mass is 10.2. The maximum Gasteiger partial charge on any atom is 0.364 e. The molecule has 0 unspecified atom stereocenters. The molecule has 1 rings (SSSR count). The van der Waals surface area contributed by atoms with Gasteiger partial charge in [-0.15, -0.1) is 0 Å². The molecule has 0 heterocycles. The van der Waals surface area contributed by atoms with Crippen LogP contribution in [0.4, 0.5) is 0 Å². The zero-order chi connectivity index (χ0) is 18.4. The van der Waals surface area contributed by atoms with Crippen LogP contribution in [-0.2, 0) is 33.5 Å². The molecule has 0 N–H and O–H groups in total. The Morgan fingerprint density at radius 2 is 1.71 bits per heavy atom. The first-order valence-corrected chi connectivity index (χ1v) is 8.30. The van der Waals surface area contributed by atoms with E-state index in [0.29, 0.717) is 0 Å². The summed E-state index contributed by atoms with van der Waals surface area (Å²) in [4.78, 5) is 28.3. The van der Waals surface area contributed by atoms with Gasteiger partial charge in [0.05, 0.1) is 4.90 Å². The van der Waals surface area contributed by atoms with E-state index in [0.717, 1.165) is 7.11 Å². The van der Waals surface area contributed by atoms with E-state index in [1.165, 1.54) is 24.3 Å². The van der Waals surface area contributed by atoms with Crippen molar-refractivity contribution in [1.82, 2.24) is 0 Å². The van der Waals surface area contributed by atoms with Crippen LogP contribution >= 0.6 is 0 Å². The van der Waals surface area contributed by atoms with Crippen molar-refractivity contribution in [2.24, 2.45) is 5.16 Å². The number of nitrogens with zero attached hydrogens (tertiary/aromatic N) is 1. The van der Waals surface area contributed by atoms with Gasteiger partial charge in [-0.05, 0) is 32.9 Å². The van der Waals surface area contributed by atoms with Crippen LogP contribution in [0, 0.1) is 0 Å². The summed E-state index contributed by atoms with van der Waals surface area (Å²) >= 11 is 0. The first kappa shape index (κ1) is 19.8. The molecule has 0 radical (unpaired) electrons. The minimum absolute atomic E-state index is 0.111. The second-order valence-corrected chi connectivity index (χ2v) is 7.19. The maximum absolute atomic E-state index is 12.0. The fraction of sp³-hybridized carbons (Fsp3) is 0.400. The van der Waals surface area contributed by atoms with Crippen molar-refractivity contribution in [3.05, 3.63) is 30.3 Å². The zero-order valence-electron chi connectivity index (χ0n) is 13.8. The zero-order valence-corrected chi connectivity index (χ0v) is 14.6. The molecule has 0 saturated carbocycles. The number of ether oxygens (including phenoxy) is 1. The third-order valence-corrected chi connectivity index (χ3v) is 3.69. The molecule has 0 spiro atoms. The number of benzene rings is 1. The van der Waals surface area contributed by atoms with Gasteiger partial charge in [-0.2, -0.15) is 8.42 Å². The Morgan fingerprint density at radius 1 is 1.12 bits per heavy atom. The summed E-state index contributed by atoms with van der Waals surface area (Å²) in [6, 6.07) is 7.29. The van der Waals surface area contributed by atoms with Crippen LogP contribution in [0.5, 0.6) is 0 Å². The average Bonchev–Trinajstić information content (AvgIpc) is 2.49. The van der Waals surface area contributed by atoms with E-state index in [1.54, 1.807) is 26.8 Å². The van der Waals surface area contributed by atoms with E-state index < -0.39 is 39.8 Å². The molecule has 132 valence electrons. The van der Waals surface area contributed by atoms with Gasteiger partial charge in [0, 0.05) is 0 Å². The third-order valence-electron chi connectivity index (χ3n) is 2.42. The Morgan fingerprint density at radius 3 is 2.21 bits per heavy atom. The number of esters is 1. The van der Waals surface area contributed by atoms with Crippen molar-refractivity contribution in [3.63, 3.8) is 0 Å². The minimum atomic E-state index is -4.13. The second kappa shape index (κ2) is 8.02. The maximum atomic E-state index is 12.0. The fourth-order valence-electron chi connectivity index (χ4n) is 1.47. The Kier molecular flexibility index (Phi) is 6.61. The van der Waals surface area contributed by atoms with Gasteiger partial charge in [-0.25, -0.2) is 4.79 Å². The molecule has 0 aliphatic heterocycles. The van der Waals surface area contributed by atoms with Crippen LogP contribution in [0.25, 0.3) is 0 Å². The van der Waals surface area contributed by atoms with E-state index >= 15 is 0 Å². The van der Waals surface area contributed by atoms with Gasteiger partial charge in [0.2, 0.25) is 11.5 Å². The molecule has 0 bridgehead atoms. The average molecular weight is 357 g/mol. The summed E-state index contributed by atoms with van der Waals surface area (Å²) in [5.41, 5.74) is -1.54. The molecule has 1 aromatic rings. The molecule has 9 heteroatoms. The molecular weight excluding hydrogens is 338 g/mol. The largest absolute Gasteiger partial charge is 0.455 e. The van der Waals surface area contributed by atoms with Gasteiger partial charge in [-0.3, -0.25) is 8.98 Å². The highest BCUT2D eigenvalue weighted by molar-refractivity contribution is 7.86. The van der Waals surface area contributed by atoms with Gasteiger partial charge in [0.1, 0.15) is 19.3 Å². The highest BCUT2D eigenvalue weighted by atomic mass is 32.2. The van der Waals surface area contributed by atoms with Crippen molar-refractivity contribution < 1.29 is 31.8 Å². The third kappa shape index (κ3) is 6.09. The Labute approximate surface area is 140 Å². The number of hydrogen-bond donors (Lipinski definition) is 0. The molecule has 0 aliphatic carbocycles. The van der Waals surface area contributed by atoms with Crippen LogP contribution in [0.2, 0.25) is 0 Å². The van der Waals surface area contributed by atoms with E-state index in [2.05, 4.69) is 14.2 Å². The number of hydrogen-bond acceptors (Lipinski definition) is 8. The van der Waals surface area contributed by atoms with E-state index in [-0.39, 0.29) is 4.90 Å². The molecule has 8 nitrogen and oxygen atoms in total. The van der Waals surface area contributed by atoms with Gasteiger partial charge in [-0.1, -0.05) is 23.4 Å². The minimum Gasteiger partial charge on any atom is -0.455 e. The van der Waals surface area contributed by atoms with Crippen LogP contribution < -0.4 is 0 Å². The molecule has 0 aromatic heterocycles. The first-order valence-electron chi connectivity index (χ1n) is 6.89. The lowest BCUT2D eigenvalue weighted by Gasteiger charge is -2.19. The van der Waals surface area contributed by atoms with Gasteiger partial charge < -0.3 is 9.57 Å². The predicted octanol–water partition coefficient (Wildman–Crippen LogP) is 1.31. The Hall–Kier alpha value is -2.26. The highest BCUT2D eigenvalue weighted by Gasteiger charge is 2.29. The summed E-state index contributed by atoms with van der Waals surface area (Å²) in [5, 5.41) is 3.30. The molecule has 0 fully saturated rings. The summed E-state index contributed by atoms with van der Waals surface area (Å²) in [5.74, 6) is -2.01. The van der Waals surface area contributed by atoms with Gasteiger partial charge >= 0.3 is 5.97 Å². The quantitative estimate of drug-likeness (QED) is 0.238. The van der Waals surface area contributed by atoms with Crippen molar-refractivity contribution in [2.75, 3.05) is 13.7 Å². The number of oxime groups is 1. The van der Waals surface area contributed by atoms with E-state index in [4.69, 9.17) is 4.74 Å². The topological polar surface area (TPSA) is 108 Å². The lowest BCUT2D eigenvalue weighted by Crippen LogP contribution is -2.35. The first-order chi connectivity index (χ1) is 11.1. The molecule has 24 heavy (non-hydrogen) atoms. The van der Waals surface area contributed by atoms with Crippen LogP contribution in [-0.4, -0.2) is 45.2 Å². The lowest BCUT2D eigenvalue weighted by molar-refractivity contribution is -0.146. The number of carbonyl (C=O) groups excluding carboxylic acids is 2. The normalized spacial score (nSPS) is 12.6. The molecule has 0 aliphatic rings. The number of rotatable bonds is 7. The molecule has 1 aromatic carbocycles. The van der Waals surface area contributed by atoms with E-state index in [1.807, 2.05) is 0 Å². The van der Waals surface area contributed by atoms with Crippen LogP contribution in [0.1, 0.15) is 20.8 Å². The molecule has 0 atom stereocenters. The van der Waals surface area contributed by atoms with Crippen molar-refractivity contribution in [3.8, 4) is 0 Å². The molecule has 0 amide bonds. The standard InChI is InChI=1S/C15H19NO7S/c1-15(2,3)23-14(18)13(16-21-4)12(17)10-22-24(19,20)11-8-6-5-7-9-11/h5-9H,10H2,1-4H3/b16-13-. The monoisotopic (exact) mass is 357 g/mol. The fourth-order valence-corrected chi connectivity index (χ4v) is 2.36.